The van der Waals surface area contributed by atoms with Crippen LogP contribution in [-0.4, -0.2) is 129 Å². The lowest BCUT2D eigenvalue weighted by molar-refractivity contribution is -0.159. The molecule has 2 saturated heterocycles. The summed E-state index contributed by atoms with van der Waals surface area (Å²) in [6.07, 6.45) is 9.87. The molecule has 2 fully saturated rings. The van der Waals surface area contributed by atoms with Crippen molar-refractivity contribution in [2.75, 3.05) is 46.4 Å². The molecule has 0 unspecified atom stereocenters. The smallest absolute Gasteiger partial charge is 0.414 e. The molecule has 0 aliphatic carbocycles. The highest BCUT2D eigenvalue weighted by Crippen LogP contribution is 2.22. The van der Waals surface area contributed by atoms with Crippen molar-refractivity contribution in [2.24, 2.45) is 0 Å². The van der Waals surface area contributed by atoms with E-state index >= 15 is 0 Å². The van der Waals surface area contributed by atoms with E-state index in [9.17, 15) is 9.59 Å². The number of benzene rings is 2. The molecule has 3 heterocycles. The van der Waals surface area contributed by atoms with Gasteiger partial charge < -0.3 is 45.7 Å². The van der Waals surface area contributed by atoms with Crippen LogP contribution in [0.4, 0.5) is 0 Å². The van der Waals surface area contributed by atoms with E-state index in [4.69, 9.17) is 44.3 Å². The number of para-hydroxylation sites is 2. The van der Waals surface area contributed by atoms with Gasteiger partial charge in [0.25, 0.3) is 0 Å². The van der Waals surface area contributed by atoms with Gasteiger partial charge in [-0.05, 0) is 74.9 Å². The Hall–Kier alpha value is -5.48. The summed E-state index contributed by atoms with van der Waals surface area (Å²) in [6, 6.07) is 16.4. The summed E-state index contributed by atoms with van der Waals surface area (Å²) in [5.41, 5.74) is 3.22. The third-order valence-corrected chi connectivity index (χ3v) is 9.06. The van der Waals surface area contributed by atoms with Gasteiger partial charge in [-0.25, -0.2) is 19.2 Å². The van der Waals surface area contributed by atoms with E-state index < -0.39 is 23.9 Å². The van der Waals surface area contributed by atoms with Crippen LogP contribution in [0.5, 0.6) is 5.75 Å². The van der Waals surface area contributed by atoms with Gasteiger partial charge in [-0.3, -0.25) is 14.5 Å². The molecule has 3 aromatic rings. The number of aromatic nitrogens is 1. The molecule has 1 aromatic heterocycles. The highest BCUT2D eigenvalue weighted by Gasteiger charge is 2.27. The Morgan fingerprint density at radius 3 is 2.02 bits per heavy atom. The second-order valence-corrected chi connectivity index (χ2v) is 12.8. The monoisotopic (exact) mass is 739 g/mol. The number of rotatable bonds is 12. The number of aryl methyl sites for hydroxylation is 1. The van der Waals surface area contributed by atoms with Gasteiger partial charge in [0.1, 0.15) is 5.75 Å². The van der Waals surface area contributed by atoms with Crippen LogP contribution in [0.3, 0.4) is 0 Å². The number of likely N-dealkylation sites (tertiary alicyclic amines) is 2. The van der Waals surface area contributed by atoms with Crippen LogP contribution in [0.1, 0.15) is 49.7 Å². The van der Waals surface area contributed by atoms with Crippen LogP contribution >= 0.6 is 0 Å². The molecule has 288 valence electrons. The number of carboxylic acid groups (broad SMARTS) is 4. The number of hydrogen-bond acceptors (Lipinski definition) is 9. The first-order valence-corrected chi connectivity index (χ1v) is 17.5. The van der Waals surface area contributed by atoms with Crippen LogP contribution in [-0.2, 0) is 41.6 Å². The number of methoxy groups -OCH3 is 1. The van der Waals surface area contributed by atoms with E-state index in [0.717, 1.165) is 53.7 Å². The lowest BCUT2D eigenvalue weighted by Crippen LogP contribution is -2.51. The third kappa shape index (κ3) is 14.6. The quantitative estimate of drug-likeness (QED) is 0.132. The van der Waals surface area contributed by atoms with Crippen molar-refractivity contribution in [2.45, 2.75) is 63.5 Å². The van der Waals surface area contributed by atoms with Crippen molar-refractivity contribution in [3.8, 4) is 5.75 Å². The number of carbonyl (C=O) groups excluding carboxylic acids is 2. The number of piperidine rings is 2. The molecule has 0 radical (unpaired) electrons. The number of carboxylic acids is 4. The van der Waals surface area contributed by atoms with E-state index in [-0.39, 0.29) is 17.9 Å². The molecule has 1 atom stereocenters. The maximum Gasteiger partial charge on any atom is 0.414 e. The third-order valence-electron chi connectivity index (χ3n) is 9.06. The second-order valence-electron chi connectivity index (χ2n) is 12.8. The Morgan fingerprint density at radius 2 is 1.40 bits per heavy atom. The summed E-state index contributed by atoms with van der Waals surface area (Å²) in [5, 5.41) is 37.0. The van der Waals surface area contributed by atoms with Gasteiger partial charge in [0.2, 0.25) is 11.8 Å². The standard InChI is InChI=1S/C33H45N5O3.2C2H2O4/c1-41-31-12-6-3-9-25(31)13-14-32(39)35-23-27(21-26-22-34-30-11-5-4-10-29(26)30)36-33(40)24-37-19-15-28(16-20-37)38-17-7-2-8-18-38;2*3-1(4)2(5)6/h3-6,9-12,22,27-28,34H,2,7-8,13-21,23-24H2,1H3,(H,35,39)(H,36,40);2*(H,3,4)(H,5,6)/t27-;;/m1../s1. The number of amides is 2. The molecule has 2 amide bonds. The van der Waals surface area contributed by atoms with E-state index in [1.165, 1.54) is 32.4 Å². The molecule has 53 heavy (non-hydrogen) atoms. The first kappa shape index (κ1) is 41.9. The number of H-pyrrole nitrogens is 1. The average Bonchev–Trinajstić information content (AvgIpc) is 3.56. The SMILES string of the molecule is COc1ccccc1CCC(=O)NC[C@@H](Cc1c[nH]c2ccccc12)NC(=O)CN1CCC(N2CCCCC2)CC1.O=C(O)C(=O)O.O=C(O)C(=O)O. The van der Waals surface area contributed by atoms with Gasteiger partial charge in [0, 0.05) is 49.2 Å². The minimum absolute atomic E-state index is 0.0227. The largest absolute Gasteiger partial charge is 0.496 e. The average molecular weight is 740 g/mol. The van der Waals surface area contributed by atoms with Gasteiger partial charge in [-0.1, -0.05) is 42.8 Å². The first-order valence-electron chi connectivity index (χ1n) is 17.5. The number of fused-ring (bicyclic) bond motifs is 1. The molecular weight excluding hydrogens is 690 g/mol. The van der Waals surface area contributed by atoms with Crippen molar-refractivity contribution < 1.29 is 53.9 Å². The summed E-state index contributed by atoms with van der Waals surface area (Å²) >= 11 is 0. The van der Waals surface area contributed by atoms with Crippen LogP contribution < -0.4 is 15.4 Å². The molecule has 7 N–H and O–H groups in total. The minimum atomic E-state index is -1.82. The molecule has 16 heteroatoms. The molecule has 2 aromatic carbocycles. The Balaban J connectivity index is 0.000000545. The Kier molecular flexibility index (Phi) is 17.2. The molecule has 0 bridgehead atoms. The van der Waals surface area contributed by atoms with Crippen molar-refractivity contribution in [3.63, 3.8) is 0 Å². The van der Waals surface area contributed by atoms with E-state index in [1.54, 1.807) is 7.11 Å². The molecule has 2 aliphatic rings. The van der Waals surface area contributed by atoms with Gasteiger partial charge in [-0.2, -0.15) is 0 Å². The molecule has 2 aliphatic heterocycles. The highest BCUT2D eigenvalue weighted by molar-refractivity contribution is 6.27. The molecular formula is C37H49N5O11. The number of aliphatic carboxylic acids is 4. The number of aromatic amines is 1. The summed E-state index contributed by atoms with van der Waals surface area (Å²) in [6.45, 7) is 5.16. The summed E-state index contributed by atoms with van der Waals surface area (Å²) in [5.74, 6) is -6.51. The maximum atomic E-state index is 13.2. The van der Waals surface area contributed by atoms with Crippen molar-refractivity contribution in [1.82, 2.24) is 25.4 Å². The number of ether oxygens (including phenoxy) is 1. The van der Waals surface area contributed by atoms with Crippen LogP contribution in [0.15, 0.2) is 54.7 Å². The van der Waals surface area contributed by atoms with Gasteiger partial charge >= 0.3 is 23.9 Å². The minimum Gasteiger partial charge on any atom is -0.496 e. The van der Waals surface area contributed by atoms with Crippen LogP contribution in [0.2, 0.25) is 0 Å². The molecule has 16 nitrogen and oxygen atoms in total. The van der Waals surface area contributed by atoms with Crippen molar-refractivity contribution in [1.29, 1.82) is 0 Å². The van der Waals surface area contributed by atoms with Crippen LogP contribution in [0.25, 0.3) is 10.9 Å². The lowest BCUT2D eigenvalue weighted by Gasteiger charge is -2.40. The van der Waals surface area contributed by atoms with E-state index in [0.29, 0.717) is 38.4 Å². The predicted molar refractivity (Wildman–Crippen MR) is 194 cm³/mol. The zero-order chi connectivity index (χ0) is 38.8. The van der Waals surface area contributed by atoms with Crippen molar-refractivity contribution in [3.05, 3.63) is 65.9 Å². The van der Waals surface area contributed by atoms with E-state index in [2.05, 4.69) is 37.6 Å². The lowest BCUT2D eigenvalue weighted by atomic mass is 10.00. The first-order chi connectivity index (χ1) is 25.4. The molecule has 0 saturated carbocycles. The molecule has 0 spiro atoms. The maximum absolute atomic E-state index is 13.2. The van der Waals surface area contributed by atoms with E-state index in [1.807, 2.05) is 42.6 Å². The fourth-order valence-electron chi connectivity index (χ4n) is 6.43. The van der Waals surface area contributed by atoms with Gasteiger partial charge in [0.05, 0.1) is 19.7 Å². The molecule has 5 rings (SSSR count). The number of carbonyl (C=O) groups is 6. The predicted octanol–water partition coefficient (Wildman–Crippen LogP) is 2.21. The summed E-state index contributed by atoms with van der Waals surface area (Å²) in [7, 11) is 1.65. The fraction of sp³-hybridized carbons (Fsp3) is 0.459. The zero-order valence-electron chi connectivity index (χ0n) is 29.8. The topological polar surface area (TPSA) is 239 Å². The Bertz CT molecular complexity index is 1630. The van der Waals surface area contributed by atoms with Gasteiger partial charge in [-0.15, -0.1) is 0 Å². The Labute approximate surface area is 307 Å². The number of nitrogens with zero attached hydrogens (tertiary/aromatic N) is 2. The summed E-state index contributed by atoms with van der Waals surface area (Å²) in [4.78, 5) is 70.7. The fourth-order valence-corrected chi connectivity index (χ4v) is 6.43. The number of nitrogens with one attached hydrogen (secondary N) is 3. The zero-order valence-corrected chi connectivity index (χ0v) is 29.8. The highest BCUT2D eigenvalue weighted by atomic mass is 16.5. The second kappa shape index (κ2) is 21.8. The van der Waals surface area contributed by atoms with Crippen molar-refractivity contribution >= 4 is 46.6 Å². The summed E-state index contributed by atoms with van der Waals surface area (Å²) < 4.78 is 5.42. The normalized spacial score (nSPS) is 15.4. The van der Waals surface area contributed by atoms with Gasteiger partial charge in [0.15, 0.2) is 0 Å². The number of hydrogen-bond donors (Lipinski definition) is 7. The Morgan fingerprint density at radius 1 is 0.792 bits per heavy atom. The van der Waals surface area contributed by atoms with Crippen LogP contribution in [0, 0.1) is 0 Å².